The SMILES string of the molecule is Cl.O=C(NCC1(c2cccc(C(F)(F)F)c2)CCC1)C1CCCNC1. The van der Waals surface area contributed by atoms with Crippen molar-refractivity contribution in [3.05, 3.63) is 35.4 Å². The molecule has 1 aromatic carbocycles. The van der Waals surface area contributed by atoms with Gasteiger partial charge in [-0.15, -0.1) is 12.4 Å². The molecule has 3 nitrogen and oxygen atoms in total. The molecule has 140 valence electrons. The van der Waals surface area contributed by atoms with Crippen LogP contribution >= 0.6 is 12.4 Å². The first-order valence-electron chi connectivity index (χ1n) is 8.57. The maximum atomic E-state index is 13.0. The van der Waals surface area contributed by atoms with Crippen molar-refractivity contribution in [3.63, 3.8) is 0 Å². The molecule has 3 rings (SSSR count). The number of carbonyl (C=O) groups is 1. The molecular weight excluding hydrogens is 353 g/mol. The fourth-order valence-electron chi connectivity index (χ4n) is 3.67. The van der Waals surface area contributed by atoms with Crippen LogP contribution < -0.4 is 10.6 Å². The highest BCUT2D eigenvalue weighted by molar-refractivity contribution is 5.85. The van der Waals surface area contributed by atoms with E-state index in [-0.39, 0.29) is 29.6 Å². The minimum atomic E-state index is -4.34. The molecule has 1 unspecified atom stereocenters. The highest BCUT2D eigenvalue weighted by atomic mass is 35.5. The molecule has 2 aliphatic rings. The summed E-state index contributed by atoms with van der Waals surface area (Å²) in [5, 5.41) is 6.20. The Morgan fingerprint density at radius 2 is 2.04 bits per heavy atom. The van der Waals surface area contributed by atoms with E-state index in [1.807, 2.05) is 0 Å². The molecule has 25 heavy (non-hydrogen) atoms. The van der Waals surface area contributed by atoms with Crippen molar-refractivity contribution in [3.8, 4) is 0 Å². The molecule has 2 N–H and O–H groups in total. The van der Waals surface area contributed by atoms with Crippen LogP contribution in [-0.2, 0) is 16.4 Å². The lowest BCUT2D eigenvalue weighted by Gasteiger charge is -2.43. The summed E-state index contributed by atoms with van der Waals surface area (Å²) in [6.45, 7) is 2.05. The first-order chi connectivity index (χ1) is 11.4. The zero-order chi connectivity index (χ0) is 17.2. The van der Waals surface area contributed by atoms with Gasteiger partial charge in [-0.2, -0.15) is 13.2 Å². The van der Waals surface area contributed by atoms with Gasteiger partial charge in [-0.25, -0.2) is 0 Å². The van der Waals surface area contributed by atoms with Crippen LogP contribution in [0.4, 0.5) is 13.2 Å². The van der Waals surface area contributed by atoms with Crippen molar-refractivity contribution < 1.29 is 18.0 Å². The van der Waals surface area contributed by atoms with Gasteiger partial charge in [0.2, 0.25) is 5.91 Å². The van der Waals surface area contributed by atoms with Crippen LogP contribution in [0.1, 0.15) is 43.2 Å². The van der Waals surface area contributed by atoms with Crippen LogP contribution in [0, 0.1) is 5.92 Å². The average Bonchev–Trinajstić information content (AvgIpc) is 2.54. The number of halogens is 4. The van der Waals surface area contributed by atoms with Gasteiger partial charge in [-0.1, -0.05) is 24.6 Å². The number of hydrogen-bond donors (Lipinski definition) is 2. The van der Waals surface area contributed by atoms with Gasteiger partial charge < -0.3 is 10.6 Å². The van der Waals surface area contributed by atoms with Crippen molar-refractivity contribution in [2.45, 2.75) is 43.7 Å². The fourth-order valence-corrected chi connectivity index (χ4v) is 3.67. The smallest absolute Gasteiger partial charge is 0.355 e. The largest absolute Gasteiger partial charge is 0.416 e. The monoisotopic (exact) mass is 376 g/mol. The maximum Gasteiger partial charge on any atom is 0.416 e. The summed E-state index contributed by atoms with van der Waals surface area (Å²) in [6, 6.07) is 5.56. The molecule has 1 aromatic rings. The Balaban J connectivity index is 0.00000225. The minimum absolute atomic E-state index is 0. The topological polar surface area (TPSA) is 41.1 Å². The van der Waals surface area contributed by atoms with E-state index in [0.717, 1.165) is 44.7 Å². The standard InChI is InChI=1S/C18H23F3N2O.ClH/c19-18(20,21)15-6-1-5-14(10-15)17(7-3-8-17)12-23-16(24)13-4-2-9-22-11-13;/h1,5-6,10,13,22H,2-4,7-9,11-12H2,(H,23,24);1H. The van der Waals surface area contributed by atoms with Gasteiger partial charge in [0.25, 0.3) is 0 Å². The zero-order valence-electron chi connectivity index (χ0n) is 14.0. The molecule has 0 bridgehead atoms. The summed E-state index contributed by atoms with van der Waals surface area (Å²) >= 11 is 0. The van der Waals surface area contributed by atoms with Crippen molar-refractivity contribution in [2.24, 2.45) is 5.92 Å². The van der Waals surface area contributed by atoms with E-state index in [2.05, 4.69) is 10.6 Å². The Labute approximate surface area is 152 Å². The predicted octanol–water partition coefficient (Wildman–Crippen LogP) is 3.66. The van der Waals surface area contributed by atoms with E-state index in [0.29, 0.717) is 18.7 Å². The molecule has 1 amide bonds. The van der Waals surface area contributed by atoms with E-state index in [4.69, 9.17) is 0 Å². The molecule has 1 atom stereocenters. The highest BCUT2D eigenvalue weighted by Gasteiger charge is 2.41. The molecule has 0 aromatic heterocycles. The second kappa shape index (κ2) is 7.96. The Bertz CT molecular complexity index is 596. The van der Waals surface area contributed by atoms with Crippen LogP contribution in [0.15, 0.2) is 24.3 Å². The predicted molar refractivity (Wildman–Crippen MR) is 92.8 cm³/mol. The van der Waals surface area contributed by atoms with E-state index in [9.17, 15) is 18.0 Å². The van der Waals surface area contributed by atoms with E-state index in [1.165, 1.54) is 12.1 Å². The lowest BCUT2D eigenvalue weighted by atomic mass is 9.64. The van der Waals surface area contributed by atoms with Crippen LogP contribution in [0.2, 0.25) is 0 Å². The molecule has 1 saturated carbocycles. The fraction of sp³-hybridized carbons (Fsp3) is 0.611. The number of benzene rings is 1. The number of rotatable bonds is 4. The number of alkyl halides is 3. The summed E-state index contributed by atoms with van der Waals surface area (Å²) in [5.74, 6) is -0.0159. The first kappa shape index (κ1) is 20.0. The molecular formula is C18H24ClF3N2O. The third kappa shape index (κ3) is 4.47. The molecule has 0 spiro atoms. The average molecular weight is 377 g/mol. The third-order valence-corrected chi connectivity index (χ3v) is 5.38. The van der Waals surface area contributed by atoms with Crippen LogP contribution in [0.25, 0.3) is 0 Å². The van der Waals surface area contributed by atoms with Gasteiger partial charge in [-0.05, 0) is 43.9 Å². The summed E-state index contributed by atoms with van der Waals surface area (Å²) in [7, 11) is 0. The van der Waals surface area contributed by atoms with Gasteiger partial charge in [0.1, 0.15) is 0 Å². The van der Waals surface area contributed by atoms with E-state index < -0.39 is 11.7 Å². The second-order valence-electron chi connectivity index (χ2n) is 6.97. The van der Waals surface area contributed by atoms with Crippen LogP contribution in [-0.4, -0.2) is 25.5 Å². The second-order valence-corrected chi connectivity index (χ2v) is 6.97. The number of amides is 1. The third-order valence-electron chi connectivity index (χ3n) is 5.38. The van der Waals surface area contributed by atoms with Crippen LogP contribution in [0.5, 0.6) is 0 Å². The van der Waals surface area contributed by atoms with Crippen molar-refractivity contribution in [1.82, 2.24) is 10.6 Å². The van der Waals surface area contributed by atoms with Gasteiger partial charge in [-0.3, -0.25) is 4.79 Å². The van der Waals surface area contributed by atoms with Gasteiger partial charge in [0.05, 0.1) is 11.5 Å². The molecule has 1 heterocycles. The lowest BCUT2D eigenvalue weighted by Crippen LogP contribution is -2.48. The highest BCUT2D eigenvalue weighted by Crippen LogP contribution is 2.44. The number of carbonyl (C=O) groups excluding carboxylic acids is 1. The van der Waals surface area contributed by atoms with Gasteiger partial charge >= 0.3 is 6.18 Å². The van der Waals surface area contributed by atoms with Gasteiger partial charge in [0, 0.05) is 18.5 Å². The quantitative estimate of drug-likeness (QED) is 0.842. The molecule has 1 aliphatic heterocycles. The van der Waals surface area contributed by atoms with Crippen molar-refractivity contribution >= 4 is 18.3 Å². The summed E-state index contributed by atoms with van der Waals surface area (Å²) in [6.07, 6.45) is 0.135. The van der Waals surface area contributed by atoms with E-state index >= 15 is 0 Å². The van der Waals surface area contributed by atoms with E-state index in [1.54, 1.807) is 6.07 Å². The molecule has 7 heteroatoms. The number of piperidine rings is 1. The Morgan fingerprint density at radius 1 is 1.28 bits per heavy atom. The molecule has 0 radical (unpaired) electrons. The summed E-state index contributed by atoms with van der Waals surface area (Å²) in [4.78, 5) is 12.3. The molecule has 2 fully saturated rings. The molecule has 1 saturated heterocycles. The lowest BCUT2D eigenvalue weighted by molar-refractivity contribution is -0.137. The normalized spacial score (nSPS) is 22.4. The van der Waals surface area contributed by atoms with Crippen molar-refractivity contribution in [1.29, 1.82) is 0 Å². The Kier molecular flexibility index (Phi) is 6.38. The zero-order valence-corrected chi connectivity index (χ0v) is 14.8. The van der Waals surface area contributed by atoms with Gasteiger partial charge in [0.15, 0.2) is 0 Å². The number of hydrogen-bond acceptors (Lipinski definition) is 2. The minimum Gasteiger partial charge on any atom is -0.355 e. The summed E-state index contributed by atoms with van der Waals surface area (Å²) in [5.41, 5.74) is -0.279. The summed E-state index contributed by atoms with van der Waals surface area (Å²) < 4.78 is 38.9. The van der Waals surface area contributed by atoms with Crippen molar-refractivity contribution in [2.75, 3.05) is 19.6 Å². The Morgan fingerprint density at radius 3 is 2.60 bits per heavy atom. The Hall–Kier alpha value is -1.27. The first-order valence-corrected chi connectivity index (χ1v) is 8.57. The molecule has 1 aliphatic carbocycles. The maximum absolute atomic E-state index is 13.0. The number of nitrogens with one attached hydrogen (secondary N) is 2. The van der Waals surface area contributed by atoms with Crippen LogP contribution in [0.3, 0.4) is 0 Å².